The highest BCUT2D eigenvalue weighted by Gasteiger charge is 2.22. The lowest BCUT2D eigenvalue weighted by atomic mass is 10.1. The third kappa shape index (κ3) is 3.73. The first-order valence-electron chi connectivity index (χ1n) is 7.82. The number of anilines is 2. The maximum atomic E-state index is 6.30. The molecule has 3 nitrogen and oxygen atoms in total. The zero-order chi connectivity index (χ0) is 15.4. The molecule has 3 N–H and O–H groups in total. The van der Waals surface area contributed by atoms with E-state index < -0.39 is 0 Å². The van der Waals surface area contributed by atoms with Gasteiger partial charge < -0.3 is 11.1 Å². The van der Waals surface area contributed by atoms with Crippen LogP contribution in [0.15, 0.2) is 48.5 Å². The van der Waals surface area contributed by atoms with Crippen LogP contribution in [-0.4, -0.2) is 17.6 Å². The molecule has 0 spiro atoms. The van der Waals surface area contributed by atoms with Crippen molar-refractivity contribution in [2.24, 2.45) is 0 Å². The number of benzene rings is 2. The Morgan fingerprint density at radius 3 is 2.73 bits per heavy atom. The molecule has 0 aliphatic carbocycles. The summed E-state index contributed by atoms with van der Waals surface area (Å²) in [5.74, 6) is 0. The minimum atomic E-state index is 0.315. The highest BCUT2D eigenvalue weighted by Crippen LogP contribution is 2.28. The van der Waals surface area contributed by atoms with Crippen molar-refractivity contribution >= 4 is 23.0 Å². The fraction of sp³-hybridized carbons (Fsp3) is 0.333. The summed E-state index contributed by atoms with van der Waals surface area (Å²) in [4.78, 5) is 2.49. The Hall–Kier alpha value is -1.71. The van der Waals surface area contributed by atoms with E-state index in [1.165, 1.54) is 18.4 Å². The summed E-state index contributed by atoms with van der Waals surface area (Å²) in [6, 6.07) is 16.3. The third-order valence-electron chi connectivity index (χ3n) is 4.16. The summed E-state index contributed by atoms with van der Waals surface area (Å²) in [5, 5.41) is 4.27. The van der Waals surface area contributed by atoms with Gasteiger partial charge in [-0.25, -0.2) is 0 Å². The predicted molar refractivity (Wildman–Crippen MR) is 94.0 cm³/mol. The molecule has 1 heterocycles. The summed E-state index contributed by atoms with van der Waals surface area (Å²) in [6.07, 6.45) is 3.94. The van der Waals surface area contributed by atoms with Crippen LogP contribution in [0.2, 0.25) is 5.02 Å². The number of piperidine rings is 1. The minimum Gasteiger partial charge on any atom is -0.399 e. The van der Waals surface area contributed by atoms with Gasteiger partial charge in [-0.05, 0) is 43.0 Å². The van der Waals surface area contributed by atoms with Gasteiger partial charge in [0.05, 0.1) is 16.9 Å². The molecule has 0 amide bonds. The SMILES string of the molecule is Nc1ccc(NC2CCCCN2Cc2ccccc2)c(Cl)c1. The van der Waals surface area contributed by atoms with Gasteiger partial charge in [-0.3, -0.25) is 4.90 Å². The second-order valence-electron chi connectivity index (χ2n) is 5.85. The fourth-order valence-corrected chi connectivity index (χ4v) is 3.23. The van der Waals surface area contributed by atoms with E-state index in [9.17, 15) is 0 Å². The van der Waals surface area contributed by atoms with E-state index in [2.05, 4.69) is 40.5 Å². The van der Waals surface area contributed by atoms with Crippen LogP contribution >= 0.6 is 11.6 Å². The van der Waals surface area contributed by atoms with Gasteiger partial charge in [-0.1, -0.05) is 41.9 Å². The molecule has 0 bridgehead atoms. The number of likely N-dealkylation sites (tertiary alicyclic amines) is 1. The molecule has 22 heavy (non-hydrogen) atoms. The Morgan fingerprint density at radius 2 is 1.95 bits per heavy atom. The number of hydrogen-bond acceptors (Lipinski definition) is 3. The smallest absolute Gasteiger partial charge is 0.0796 e. The molecule has 0 radical (unpaired) electrons. The molecule has 0 saturated carbocycles. The quantitative estimate of drug-likeness (QED) is 0.824. The van der Waals surface area contributed by atoms with Crippen LogP contribution in [0.4, 0.5) is 11.4 Å². The number of nitrogen functional groups attached to an aromatic ring is 1. The first kappa shape index (κ1) is 15.2. The molecule has 1 atom stereocenters. The number of hydrogen-bond donors (Lipinski definition) is 2. The zero-order valence-corrected chi connectivity index (χ0v) is 13.4. The van der Waals surface area contributed by atoms with E-state index in [1.807, 2.05) is 12.1 Å². The summed E-state index contributed by atoms with van der Waals surface area (Å²) in [5.41, 5.74) is 8.77. The predicted octanol–water partition coefficient (Wildman–Crippen LogP) is 4.35. The number of nitrogens with one attached hydrogen (secondary N) is 1. The largest absolute Gasteiger partial charge is 0.399 e. The molecule has 3 rings (SSSR count). The molecule has 2 aromatic rings. The number of halogens is 1. The lowest BCUT2D eigenvalue weighted by molar-refractivity contribution is 0.158. The Labute approximate surface area is 137 Å². The van der Waals surface area contributed by atoms with E-state index in [1.54, 1.807) is 6.07 Å². The van der Waals surface area contributed by atoms with Gasteiger partial charge >= 0.3 is 0 Å². The normalized spacial score (nSPS) is 19.0. The van der Waals surface area contributed by atoms with Crippen molar-refractivity contribution in [2.75, 3.05) is 17.6 Å². The standard InChI is InChI=1S/C18H22ClN3/c19-16-12-15(20)9-10-17(16)21-18-8-4-5-11-22(18)13-14-6-2-1-3-7-14/h1-3,6-7,9-10,12,18,21H,4-5,8,11,13,20H2. The average Bonchev–Trinajstić information content (AvgIpc) is 2.53. The minimum absolute atomic E-state index is 0.315. The van der Waals surface area contributed by atoms with E-state index in [0.717, 1.165) is 25.2 Å². The van der Waals surface area contributed by atoms with Gasteiger partial charge in [0.25, 0.3) is 0 Å². The highest BCUT2D eigenvalue weighted by molar-refractivity contribution is 6.33. The van der Waals surface area contributed by atoms with Gasteiger partial charge in [0.15, 0.2) is 0 Å². The topological polar surface area (TPSA) is 41.3 Å². The first-order valence-corrected chi connectivity index (χ1v) is 8.20. The number of rotatable bonds is 4. The van der Waals surface area contributed by atoms with Crippen LogP contribution in [0.25, 0.3) is 0 Å². The Kier molecular flexibility index (Phi) is 4.86. The molecule has 1 aliphatic rings. The average molecular weight is 316 g/mol. The summed E-state index contributed by atoms with van der Waals surface area (Å²) in [6.45, 7) is 2.07. The molecular formula is C18H22ClN3. The van der Waals surface area contributed by atoms with E-state index in [4.69, 9.17) is 17.3 Å². The molecule has 116 valence electrons. The van der Waals surface area contributed by atoms with Gasteiger partial charge in [-0.2, -0.15) is 0 Å². The van der Waals surface area contributed by atoms with Crippen molar-refractivity contribution in [3.63, 3.8) is 0 Å². The van der Waals surface area contributed by atoms with Gasteiger partial charge in [0.2, 0.25) is 0 Å². The fourth-order valence-electron chi connectivity index (χ4n) is 2.99. The lowest BCUT2D eigenvalue weighted by Crippen LogP contribution is -2.43. The Bertz CT molecular complexity index is 615. The summed E-state index contributed by atoms with van der Waals surface area (Å²) >= 11 is 6.30. The van der Waals surface area contributed by atoms with E-state index >= 15 is 0 Å². The van der Waals surface area contributed by atoms with Crippen molar-refractivity contribution in [3.8, 4) is 0 Å². The maximum absolute atomic E-state index is 6.30. The molecule has 0 aromatic heterocycles. The maximum Gasteiger partial charge on any atom is 0.0796 e. The van der Waals surface area contributed by atoms with Gasteiger partial charge in [-0.15, -0.1) is 0 Å². The molecular weight excluding hydrogens is 294 g/mol. The summed E-state index contributed by atoms with van der Waals surface area (Å²) < 4.78 is 0. The second-order valence-corrected chi connectivity index (χ2v) is 6.26. The van der Waals surface area contributed by atoms with Crippen LogP contribution < -0.4 is 11.1 Å². The van der Waals surface area contributed by atoms with Crippen LogP contribution in [0.1, 0.15) is 24.8 Å². The molecule has 2 aromatic carbocycles. The Balaban J connectivity index is 1.72. The second kappa shape index (κ2) is 7.03. The molecule has 1 unspecified atom stereocenters. The monoisotopic (exact) mass is 315 g/mol. The lowest BCUT2D eigenvalue weighted by Gasteiger charge is -2.37. The van der Waals surface area contributed by atoms with Crippen LogP contribution in [0.5, 0.6) is 0 Å². The van der Waals surface area contributed by atoms with E-state index in [-0.39, 0.29) is 0 Å². The van der Waals surface area contributed by atoms with Crippen molar-refractivity contribution in [1.82, 2.24) is 4.90 Å². The van der Waals surface area contributed by atoms with Crippen LogP contribution in [0, 0.1) is 0 Å². The zero-order valence-electron chi connectivity index (χ0n) is 12.6. The number of nitrogens with zero attached hydrogens (tertiary/aromatic N) is 1. The molecule has 1 aliphatic heterocycles. The van der Waals surface area contributed by atoms with Crippen molar-refractivity contribution < 1.29 is 0 Å². The van der Waals surface area contributed by atoms with Gasteiger partial charge in [0, 0.05) is 18.8 Å². The van der Waals surface area contributed by atoms with Crippen LogP contribution in [0.3, 0.4) is 0 Å². The van der Waals surface area contributed by atoms with E-state index in [0.29, 0.717) is 16.9 Å². The molecule has 1 saturated heterocycles. The van der Waals surface area contributed by atoms with Crippen LogP contribution in [-0.2, 0) is 6.54 Å². The molecule has 1 fully saturated rings. The highest BCUT2D eigenvalue weighted by atomic mass is 35.5. The third-order valence-corrected chi connectivity index (χ3v) is 4.47. The summed E-state index contributed by atoms with van der Waals surface area (Å²) in [7, 11) is 0. The first-order chi connectivity index (χ1) is 10.7. The number of nitrogens with two attached hydrogens (primary N) is 1. The van der Waals surface area contributed by atoms with Crippen molar-refractivity contribution in [3.05, 3.63) is 59.1 Å². The van der Waals surface area contributed by atoms with Crippen molar-refractivity contribution in [2.45, 2.75) is 32.0 Å². The molecule has 4 heteroatoms. The van der Waals surface area contributed by atoms with Crippen molar-refractivity contribution in [1.29, 1.82) is 0 Å². The van der Waals surface area contributed by atoms with Gasteiger partial charge in [0.1, 0.15) is 0 Å². The Morgan fingerprint density at radius 1 is 1.14 bits per heavy atom.